The number of allylic oxidation sites excluding steroid dienone is 2. The zero-order chi connectivity index (χ0) is 17.4. The van der Waals surface area contributed by atoms with Gasteiger partial charge in [-0.2, -0.15) is 0 Å². The SMILES string of the molecule is CCCCCCC1C=CC(CCC(=O)O)C(C(=O)O)C1C(=O)O. The molecule has 0 radical (unpaired) electrons. The van der Waals surface area contributed by atoms with Gasteiger partial charge in [-0.05, 0) is 24.7 Å². The van der Waals surface area contributed by atoms with Crippen LogP contribution in [0.15, 0.2) is 12.2 Å². The molecule has 0 heterocycles. The monoisotopic (exact) mass is 326 g/mol. The Bertz CT molecular complexity index is 456. The Morgan fingerprint density at radius 2 is 1.35 bits per heavy atom. The summed E-state index contributed by atoms with van der Waals surface area (Å²) in [7, 11) is 0. The molecule has 0 amide bonds. The van der Waals surface area contributed by atoms with E-state index in [0.29, 0.717) is 6.42 Å². The van der Waals surface area contributed by atoms with Crippen LogP contribution in [-0.4, -0.2) is 33.2 Å². The number of unbranched alkanes of at least 4 members (excludes halogenated alkanes) is 3. The first-order valence-electron chi connectivity index (χ1n) is 8.24. The molecule has 0 aromatic carbocycles. The Morgan fingerprint density at radius 1 is 0.826 bits per heavy atom. The molecule has 1 aliphatic carbocycles. The van der Waals surface area contributed by atoms with Gasteiger partial charge in [0.15, 0.2) is 0 Å². The van der Waals surface area contributed by atoms with E-state index in [1.165, 1.54) is 0 Å². The first-order chi connectivity index (χ1) is 10.9. The minimum atomic E-state index is -1.16. The molecule has 0 saturated carbocycles. The van der Waals surface area contributed by atoms with Crippen LogP contribution in [0.1, 0.15) is 51.9 Å². The second kappa shape index (κ2) is 9.33. The fourth-order valence-electron chi connectivity index (χ4n) is 3.38. The molecule has 0 aromatic heterocycles. The van der Waals surface area contributed by atoms with Crippen LogP contribution in [0.3, 0.4) is 0 Å². The number of carboxylic acid groups (broad SMARTS) is 3. The van der Waals surface area contributed by atoms with Crippen LogP contribution >= 0.6 is 0 Å². The van der Waals surface area contributed by atoms with Crippen LogP contribution in [0.25, 0.3) is 0 Å². The van der Waals surface area contributed by atoms with Crippen LogP contribution in [0.2, 0.25) is 0 Å². The summed E-state index contributed by atoms with van der Waals surface area (Å²) >= 11 is 0. The maximum Gasteiger partial charge on any atom is 0.307 e. The van der Waals surface area contributed by atoms with E-state index < -0.39 is 35.7 Å². The summed E-state index contributed by atoms with van der Waals surface area (Å²) in [6.07, 6.45) is 8.19. The van der Waals surface area contributed by atoms with Gasteiger partial charge in [0.2, 0.25) is 0 Å². The van der Waals surface area contributed by atoms with Gasteiger partial charge in [0, 0.05) is 6.42 Å². The van der Waals surface area contributed by atoms with Crippen molar-refractivity contribution >= 4 is 17.9 Å². The van der Waals surface area contributed by atoms with E-state index in [1.807, 2.05) is 0 Å². The van der Waals surface area contributed by atoms with Crippen molar-refractivity contribution in [3.8, 4) is 0 Å². The highest BCUT2D eigenvalue weighted by Crippen LogP contribution is 2.39. The molecule has 0 spiro atoms. The summed E-state index contributed by atoms with van der Waals surface area (Å²) in [6.45, 7) is 2.09. The minimum absolute atomic E-state index is 0.148. The summed E-state index contributed by atoms with van der Waals surface area (Å²) in [5, 5.41) is 27.8. The van der Waals surface area contributed by atoms with Crippen LogP contribution in [0, 0.1) is 23.7 Å². The number of carboxylic acids is 3. The molecule has 0 saturated heterocycles. The molecular formula is C17H26O6. The van der Waals surface area contributed by atoms with Crippen LogP contribution in [0.5, 0.6) is 0 Å². The molecule has 0 aliphatic heterocycles. The molecule has 1 rings (SSSR count). The van der Waals surface area contributed by atoms with E-state index >= 15 is 0 Å². The lowest BCUT2D eigenvalue weighted by molar-refractivity contribution is -0.158. The van der Waals surface area contributed by atoms with E-state index in [9.17, 15) is 24.6 Å². The minimum Gasteiger partial charge on any atom is -0.481 e. The smallest absolute Gasteiger partial charge is 0.307 e. The van der Waals surface area contributed by atoms with E-state index in [0.717, 1.165) is 25.7 Å². The third-order valence-electron chi connectivity index (χ3n) is 4.57. The Morgan fingerprint density at radius 3 is 1.78 bits per heavy atom. The largest absolute Gasteiger partial charge is 0.481 e. The third-order valence-corrected chi connectivity index (χ3v) is 4.57. The molecule has 6 nitrogen and oxygen atoms in total. The topological polar surface area (TPSA) is 112 Å². The van der Waals surface area contributed by atoms with Crippen molar-refractivity contribution in [1.29, 1.82) is 0 Å². The second-order valence-electron chi connectivity index (χ2n) is 6.22. The first-order valence-corrected chi connectivity index (χ1v) is 8.24. The van der Waals surface area contributed by atoms with Gasteiger partial charge in [-0.15, -0.1) is 0 Å². The second-order valence-corrected chi connectivity index (χ2v) is 6.22. The quantitative estimate of drug-likeness (QED) is 0.420. The molecule has 6 heteroatoms. The van der Waals surface area contributed by atoms with Crippen molar-refractivity contribution in [3.05, 3.63) is 12.2 Å². The normalized spacial score (nSPS) is 26.8. The summed E-state index contributed by atoms with van der Waals surface area (Å²) in [4.78, 5) is 34.0. The van der Waals surface area contributed by atoms with Crippen molar-refractivity contribution in [2.24, 2.45) is 23.7 Å². The fraction of sp³-hybridized carbons (Fsp3) is 0.706. The summed E-state index contributed by atoms with van der Waals surface area (Å²) in [5.74, 6) is -6.16. The van der Waals surface area contributed by atoms with Crippen molar-refractivity contribution in [2.45, 2.75) is 51.9 Å². The first kappa shape index (κ1) is 19.2. The third kappa shape index (κ3) is 5.69. The maximum absolute atomic E-state index is 11.6. The van der Waals surface area contributed by atoms with Crippen LogP contribution < -0.4 is 0 Å². The summed E-state index contributed by atoms with van der Waals surface area (Å²) < 4.78 is 0. The van der Waals surface area contributed by atoms with Gasteiger partial charge >= 0.3 is 17.9 Å². The molecular weight excluding hydrogens is 300 g/mol. The zero-order valence-electron chi connectivity index (χ0n) is 13.5. The van der Waals surface area contributed by atoms with E-state index in [1.54, 1.807) is 12.2 Å². The average Bonchev–Trinajstić information content (AvgIpc) is 2.48. The maximum atomic E-state index is 11.6. The van der Waals surface area contributed by atoms with Gasteiger partial charge in [-0.3, -0.25) is 14.4 Å². The number of rotatable bonds is 10. The molecule has 23 heavy (non-hydrogen) atoms. The lowest BCUT2D eigenvalue weighted by Crippen LogP contribution is -2.41. The highest BCUT2D eigenvalue weighted by atomic mass is 16.4. The van der Waals surface area contributed by atoms with Gasteiger partial charge in [0.1, 0.15) is 0 Å². The van der Waals surface area contributed by atoms with Gasteiger partial charge in [0.25, 0.3) is 0 Å². The molecule has 1 aliphatic rings. The van der Waals surface area contributed by atoms with E-state index in [4.69, 9.17) is 5.11 Å². The van der Waals surface area contributed by atoms with Gasteiger partial charge < -0.3 is 15.3 Å². The zero-order valence-corrected chi connectivity index (χ0v) is 13.5. The fourth-order valence-corrected chi connectivity index (χ4v) is 3.38. The predicted octanol–water partition coefficient (Wildman–Crippen LogP) is 3.03. The molecule has 130 valence electrons. The highest BCUT2D eigenvalue weighted by molar-refractivity contribution is 5.81. The number of hydrogen-bond donors (Lipinski definition) is 3. The molecule has 4 atom stereocenters. The molecule has 3 N–H and O–H groups in total. The number of carbonyl (C=O) groups is 3. The van der Waals surface area contributed by atoms with Crippen LogP contribution in [-0.2, 0) is 14.4 Å². The molecule has 0 bridgehead atoms. The Hall–Kier alpha value is -1.85. The number of hydrogen-bond acceptors (Lipinski definition) is 3. The van der Waals surface area contributed by atoms with Crippen molar-refractivity contribution in [1.82, 2.24) is 0 Å². The average molecular weight is 326 g/mol. The molecule has 0 fully saturated rings. The molecule has 0 aromatic rings. The van der Waals surface area contributed by atoms with Crippen molar-refractivity contribution in [2.75, 3.05) is 0 Å². The molecule has 4 unspecified atom stereocenters. The van der Waals surface area contributed by atoms with Crippen LogP contribution in [0.4, 0.5) is 0 Å². The van der Waals surface area contributed by atoms with Gasteiger partial charge in [-0.25, -0.2) is 0 Å². The highest BCUT2D eigenvalue weighted by Gasteiger charge is 2.44. The standard InChI is InChI=1S/C17H26O6/c1-2-3-4-5-6-11-7-8-12(9-10-13(18)19)15(17(22)23)14(11)16(20)21/h7-8,11-12,14-15H,2-6,9-10H2,1H3,(H,18,19)(H,20,21)(H,22,23). The van der Waals surface area contributed by atoms with E-state index in [2.05, 4.69) is 6.92 Å². The Kier molecular flexibility index (Phi) is 7.78. The van der Waals surface area contributed by atoms with Crippen molar-refractivity contribution in [3.63, 3.8) is 0 Å². The van der Waals surface area contributed by atoms with Gasteiger partial charge in [-0.1, -0.05) is 44.8 Å². The lowest BCUT2D eigenvalue weighted by atomic mass is 9.68. The Labute approximate surface area is 136 Å². The Balaban J connectivity index is 2.87. The summed E-state index contributed by atoms with van der Waals surface area (Å²) in [6, 6.07) is 0. The number of aliphatic carboxylic acids is 3. The lowest BCUT2D eigenvalue weighted by Gasteiger charge is -2.35. The predicted molar refractivity (Wildman–Crippen MR) is 84.0 cm³/mol. The van der Waals surface area contributed by atoms with Gasteiger partial charge in [0.05, 0.1) is 11.8 Å². The van der Waals surface area contributed by atoms with Crippen molar-refractivity contribution < 1.29 is 29.7 Å². The summed E-state index contributed by atoms with van der Waals surface area (Å²) in [5.41, 5.74) is 0. The van der Waals surface area contributed by atoms with E-state index in [-0.39, 0.29) is 18.8 Å².